The molecular weight excluding hydrogens is 515 g/mol. The maximum Gasteiger partial charge on any atom is 0.303 e. The van der Waals surface area contributed by atoms with E-state index in [4.69, 9.17) is 14.2 Å². The molecule has 0 aromatic heterocycles. The summed E-state index contributed by atoms with van der Waals surface area (Å²) in [7, 11) is 1.57. The Morgan fingerprint density at radius 3 is 2.38 bits per heavy atom. The monoisotopic (exact) mass is 560 g/mol. The van der Waals surface area contributed by atoms with Gasteiger partial charge < -0.3 is 24.8 Å². The first-order valence-electron chi connectivity index (χ1n) is 14.5. The van der Waals surface area contributed by atoms with E-state index < -0.39 is 11.4 Å². The third kappa shape index (κ3) is 6.96. The zero-order valence-electron chi connectivity index (χ0n) is 24.7. The van der Waals surface area contributed by atoms with E-state index in [2.05, 4.69) is 31.4 Å². The van der Waals surface area contributed by atoms with Gasteiger partial charge in [-0.25, -0.2) is 4.39 Å². The average Bonchev–Trinajstić information content (AvgIpc) is 3.47. The number of carbonyl (C=O) groups is 3. The second-order valence-electron chi connectivity index (χ2n) is 13.3. The van der Waals surface area contributed by atoms with E-state index in [1.54, 1.807) is 14.0 Å². The molecule has 8 nitrogen and oxygen atoms in total. The standard InChI is InChI=1S/C31H45FN2O6/c1-18-13-24(32)25(39-22-9-11-31(12-10-22,17-38-6)40-19(2)35)15-23(18)28(36)34-27-21-8-7-20(14-21)26(27)29(37)33-16-30(3,4)5/h13,15,20-22,26-27H,7-12,14,16-17H2,1-6H3,(H,33,37)(H,34,36)/t20-,21+,22?,26+,27-,31?/m1/s1. The summed E-state index contributed by atoms with van der Waals surface area (Å²) in [5, 5.41) is 6.24. The smallest absolute Gasteiger partial charge is 0.303 e. The zero-order valence-corrected chi connectivity index (χ0v) is 24.7. The minimum Gasteiger partial charge on any atom is -0.487 e. The number of carbonyl (C=O) groups excluding carboxylic acids is 3. The summed E-state index contributed by atoms with van der Waals surface area (Å²) in [6.45, 7) is 10.2. The van der Waals surface area contributed by atoms with Crippen molar-refractivity contribution in [2.45, 2.75) is 97.3 Å². The summed E-state index contributed by atoms with van der Waals surface area (Å²) in [5.41, 5.74) is 0.125. The molecule has 1 aromatic carbocycles. The number of nitrogens with one attached hydrogen (secondary N) is 2. The van der Waals surface area contributed by atoms with E-state index >= 15 is 0 Å². The average molecular weight is 561 g/mol. The Labute approximate surface area is 237 Å². The van der Waals surface area contributed by atoms with Gasteiger partial charge in [0, 0.05) is 32.2 Å². The van der Waals surface area contributed by atoms with Gasteiger partial charge in [-0.3, -0.25) is 14.4 Å². The number of esters is 1. The van der Waals surface area contributed by atoms with Gasteiger partial charge in [0.25, 0.3) is 5.91 Å². The van der Waals surface area contributed by atoms with Crippen molar-refractivity contribution >= 4 is 17.8 Å². The Morgan fingerprint density at radius 2 is 1.75 bits per heavy atom. The molecule has 40 heavy (non-hydrogen) atoms. The number of amides is 2. The Morgan fingerprint density at radius 1 is 1.07 bits per heavy atom. The molecule has 2 N–H and O–H groups in total. The Bertz CT molecular complexity index is 1110. The van der Waals surface area contributed by atoms with Crippen molar-refractivity contribution in [2.24, 2.45) is 23.2 Å². The fraction of sp³-hybridized carbons (Fsp3) is 0.710. The number of benzene rings is 1. The number of methoxy groups -OCH3 is 1. The van der Waals surface area contributed by atoms with Crippen molar-refractivity contribution in [1.82, 2.24) is 10.6 Å². The molecule has 3 aliphatic rings. The van der Waals surface area contributed by atoms with Crippen molar-refractivity contribution in [3.05, 3.63) is 29.1 Å². The second kappa shape index (κ2) is 12.0. The molecule has 0 heterocycles. The molecule has 4 atom stereocenters. The highest BCUT2D eigenvalue weighted by molar-refractivity contribution is 5.96. The van der Waals surface area contributed by atoms with Crippen LogP contribution in [0.25, 0.3) is 0 Å². The van der Waals surface area contributed by atoms with Gasteiger partial charge in [-0.1, -0.05) is 20.8 Å². The third-order valence-electron chi connectivity index (χ3n) is 8.74. The molecule has 0 spiro atoms. The molecule has 3 fully saturated rings. The van der Waals surface area contributed by atoms with Gasteiger partial charge in [-0.05, 0) is 86.8 Å². The van der Waals surface area contributed by atoms with Crippen molar-refractivity contribution in [1.29, 1.82) is 0 Å². The SMILES string of the molecule is COCC1(OC(C)=O)CCC(Oc2cc(C(=O)N[C@@H]3[C@H]4CC[C@H](C4)[C@@H]3C(=O)NCC(C)(C)C)c(C)cc2F)CC1. The van der Waals surface area contributed by atoms with Crippen LogP contribution in [0.15, 0.2) is 12.1 Å². The molecule has 0 unspecified atom stereocenters. The number of fused-ring (bicyclic) bond motifs is 2. The van der Waals surface area contributed by atoms with Crippen LogP contribution in [0.1, 0.15) is 88.6 Å². The van der Waals surface area contributed by atoms with Crippen LogP contribution in [0, 0.1) is 35.9 Å². The maximum atomic E-state index is 15.0. The van der Waals surface area contributed by atoms with Crippen molar-refractivity contribution in [3.8, 4) is 5.75 Å². The van der Waals surface area contributed by atoms with Gasteiger partial charge in [-0.2, -0.15) is 0 Å². The summed E-state index contributed by atoms with van der Waals surface area (Å²) in [4.78, 5) is 38.3. The van der Waals surface area contributed by atoms with Gasteiger partial charge in [0.05, 0.1) is 18.6 Å². The molecule has 3 aliphatic carbocycles. The highest BCUT2D eigenvalue weighted by Crippen LogP contribution is 2.49. The van der Waals surface area contributed by atoms with E-state index in [9.17, 15) is 18.8 Å². The fourth-order valence-electron chi connectivity index (χ4n) is 6.82. The van der Waals surface area contributed by atoms with Crippen molar-refractivity contribution in [2.75, 3.05) is 20.3 Å². The summed E-state index contributed by atoms with van der Waals surface area (Å²) < 4.78 is 31.9. The summed E-state index contributed by atoms with van der Waals surface area (Å²) in [6.07, 6.45) is 4.84. The van der Waals surface area contributed by atoms with Crippen LogP contribution in [-0.4, -0.2) is 55.8 Å². The second-order valence-corrected chi connectivity index (χ2v) is 13.3. The van der Waals surface area contributed by atoms with Crippen LogP contribution in [0.3, 0.4) is 0 Å². The Kier molecular flexibility index (Phi) is 9.12. The maximum absolute atomic E-state index is 15.0. The first kappa shape index (κ1) is 30.3. The quantitative estimate of drug-likeness (QED) is 0.424. The lowest BCUT2D eigenvalue weighted by Crippen LogP contribution is -2.50. The van der Waals surface area contributed by atoms with Crippen LogP contribution in [0.5, 0.6) is 5.75 Å². The van der Waals surface area contributed by atoms with Gasteiger partial charge in [0.15, 0.2) is 11.6 Å². The predicted molar refractivity (Wildman–Crippen MR) is 148 cm³/mol. The highest BCUT2D eigenvalue weighted by Gasteiger charge is 2.51. The first-order chi connectivity index (χ1) is 18.8. The Hall–Kier alpha value is -2.68. The predicted octanol–water partition coefficient (Wildman–Crippen LogP) is 4.71. The molecule has 9 heteroatoms. The molecular formula is C31H45FN2O6. The van der Waals surface area contributed by atoms with Crippen molar-refractivity contribution < 1.29 is 33.0 Å². The lowest BCUT2D eigenvalue weighted by molar-refractivity contribution is -0.170. The summed E-state index contributed by atoms with van der Waals surface area (Å²) in [5.74, 6) is -0.889. The minimum atomic E-state index is -0.701. The van der Waals surface area contributed by atoms with Crippen LogP contribution in [0.2, 0.25) is 0 Å². The largest absolute Gasteiger partial charge is 0.487 e. The lowest BCUT2D eigenvalue weighted by Gasteiger charge is -2.38. The number of halogens is 1. The molecule has 0 saturated heterocycles. The topological polar surface area (TPSA) is 103 Å². The zero-order chi connectivity index (χ0) is 29.2. The van der Waals surface area contributed by atoms with Crippen molar-refractivity contribution in [3.63, 3.8) is 0 Å². The number of hydrogen-bond donors (Lipinski definition) is 2. The molecule has 0 aliphatic heterocycles. The molecule has 2 amide bonds. The Balaban J connectivity index is 1.44. The van der Waals surface area contributed by atoms with Crippen LogP contribution in [0.4, 0.5) is 4.39 Å². The molecule has 0 radical (unpaired) electrons. The molecule has 222 valence electrons. The number of ether oxygens (including phenoxy) is 3. The number of rotatable bonds is 9. The van der Waals surface area contributed by atoms with Gasteiger partial charge in [0.1, 0.15) is 5.60 Å². The third-order valence-corrected chi connectivity index (χ3v) is 8.74. The fourth-order valence-corrected chi connectivity index (χ4v) is 6.82. The lowest BCUT2D eigenvalue weighted by atomic mass is 9.83. The van der Waals surface area contributed by atoms with Gasteiger partial charge in [-0.15, -0.1) is 0 Å². The van der Waals surface area contributed by atoms with E-state index in [1.807, 2.05) is 0 Å². The minimum absolute atomic E-state index is 0.00266. The van der Waals surface area contributed by atoms with E-state index in [1.165, 1.54) is 19.1 Å². The molecule has 2 bridgehead atoms. The van der Waals surface area contributed by atoms with E-state index in [0.29, 0.717) is 50.0 Å². The van der Waals surface area contributed by atoms with Crippen LogP contribution < -0.4 is 15.4 Å². The molecule has 4 rings (SSSR count). The first-order valence-corrected chi connectivity index (χ1v) is 14.5. The normalized spacial score (nSPS) is 29.6. The molecule has 1 aromatic rings. The van der Waals surface area contributed by atoms with Gasteiger partial charge >= 0.3 is 5.97 Å². The van der Waals surface area contributed by atoms with Crippen LogP contribution >= 0.6 is 0 Å². The number of hydrogen-bond acceptors (Lipinski definition) is 6. The number of aryl methyl sites for hydroxylation is 1. The summed E-state index contributed by atoms with van der Waals surface area (Å²) in [6, 6.07) is 2.56. The van der Waals surface area contributed by atoms with E-state index in [-0.39, 0.29) is 58.8 Å². The summed E-state index contributed by atoms with van der Waals surface area (Å²) >= 11 is 0. The highest BCUT2D eigenvalue weighted by atomic mass is 19.1. The van der Waals surface area contributed by atoms with Gasteiger partial charge in [0.2, 0.25) is 5.91 Å². The molecule has 3 saturated carbocycles. The van der Waals surface area contributed by atoms with Crippen LogP contribution in [-0.2, 0) is 19.1 Å². The van der Waals surface area contributed by atoms with E-state index in [0.717, 1.165) is 19.3 Å².